The van der Waals surface area contributed by atoms with Crippen molar-refractivity contribution in [2.24, 2.45) is 17.8 Å². The number of rotatable bonds is 16. The number of ether oxygens (including phenoxy) is 1. The summed E-state index contributed by atoms with van der Waals surface area (Å²) in [5, 5.41) is 32.2. The topological polar surface area (TPSA) is 200 Å². The average molecular weight is 663 g/mol. The predicted octanol–water partition coefficient (Wildman–Crippen LogP) is 1.79. The molecule has 1 fully saturated rings. The van der Waals surface area contributed by atoms with Crippen LogP contribution in [0.25, 0.3) is 0 Å². The maximum Gasteiger partial charge on any atom is 0.408 e. The second-order valence-electron chi connectivity index (χ2n) is 14.3. The van der Waals surface area contributed by atoms with Crippen molar-refractivity contribution < 1.29 is 42.5 Å². The Hall–Kier alpha value is -2.45. The highest BCUT2D eigenvalue weighted by Crippen LogP contribution is 2.21. The molecule has 4 amide bonds. The zero-order valence-electron chi connectivity index (χ0n) is 28.5. The van der Waals surface area contributed by atoms with Crippen molar-refractivity contribution in [1.82, 2.24) is 21.3 Å². The van der Waals surface area contributed by atoms with E-state index in [1.165, 1.54) is 0 Å². The maximum atomic E-state index is 13.6. The van der Waals surface area contributed by atoms with Gasteiger partial charge in [-0.25, -0.2) is 13.2 Å². The van der Waals surface area contributed by atoms with E-state index < -0.39 is 81.3 Å². The maximum absolute atomic E-state index is 13.6. The zero-order chi connectivity index (χ0) is 34.7. The first-order valence-corrected chi connectivity index (χ1v) is 18.1. The van der Waals surface area contributed by atoms with Crippen molar-refractivity contribution in [3.8, 4) is 0 Å². The molecule has 0 radical (unpaired) electrons. The lowest BCUT2D eigenvalue weighted by Gasteiger charge is -2.32. The molecule has 262 valence electrons. The van der Waals surface area contributed by atoms with Gasteiger partial charge in [-0.05, 0) is 64.7 Å². The molecule has 7 atom stereocenters. The standard InChI is InChI=1S/C31H58N4O9S/c1-18(2)16-23(25(37)17-20(5)27(38)32-21-12-10-11-13-24(21)36)34-28(39)22(14-15-45(9,42)43)33-29(40)26(19(3)4)35-30(41)44-31(6,7)8/h18-26,36-37H,10-17H2,1-9H3,(H,32,38)(H,33,40)(H,34,39)(H,35,41)/t20-,21-,22+,23+,24+,25+,26+/m1/s1. The third kappa shape index (κ3) is 16.1. The Morgan fingerprint density at radius 3 is 2.00 bits per heavy atom. The molecule has 1 rings (SSSR count). The van der Waals surface area contributed by atoms with Gasteiger partial charge in [0.25, 0.3) is 0 Å². The molecule has 0 aromatic rings. The Balaban J connectivity index is 3.08. The first-order chi connectivity index (χ1) is 20.6. The zero-order valence-corrected chi connectivity index (χ0v) is 29.3. The molecule has 0 aromatic heterocycles. The van der Waals surface area contributed by atoms with Crippen LogP contribution in [0.15, 0.2) is 0 Å². The van der Waals surface area contributed by atoms with Crippen LogP contribution in [-0.2, 0) is 29.0 Å². The first kappa shape index (κ1) is 40.6. The molecular weight excluding hydrogens is 604 g/mol. The van der Waals surface area contributed by atoms with E-state index in [0.717, 1.165) is 19.1 Å². The van der Waals surface area contributed by atoms with Crippen LogP contribution in [0.3, 0.4) is 0 Å². The third-order valence-corrected chi connectivity index (χ3v) is 8.63. The normalized spacial score (nSPS) is 20.8. The minimum absolute atomic E-state index is 0.0297. The minimum Gasteiger partial charge on any atom is -0.444 e. The molecule has 14 heteroatoms. The van der Waals surface area contributed by atoms with Gasteiger partial charge in [0.2, 0.25) is 17.7 Å². The van der Waals surface area contributed by atoms with E-state index in [1.54, 1.807) is 41.5 Å². The highest BCUT2D eigenvalue weighted by Gasteiger charge is 2.34. The summed E-state index contributed by atoms with van der Waals surface area (Å²) < 4.78 is 29.2. The molecule has 0 bridgehead atoms. The van der Waals surface area contributed by atoms with Crippen molar-refractivity contribution in [2.75, 3.05) is 12.0 Å². The monoisotopic (exact) mass is 662 g/mol. The summed E-state index contributed by atoms with van der Waals surface area (Å²) in [5.41, 5.74) is -0.804. The molecular formula is C31H58N4O9S. The van der Waals surface area contributed by atoms with Gasteiger partial charge in [-0.1, -0.05) is 47.5 Å². The van der Waals surface area contributed by atoms with E-state index in [1.807, 2.05) is 13.8 Å². The van der Waals surface area contributed by atoms with E-state index in [9.17, 15) is 37.8 Å². The Labute approximate surface area is 269 Å². The number of amides is 4. The lowest BCUT2D eigenvalue weighted by molar-refractivity contribution is -0.131. The molecule has 0 spiro atoms. The van der Waals surface area contributed by atoms with Crippen molar-refractivity contribution >= 4 is 33.7 Å². The summed E-state index contributed by atoms with van der Waals surface area (Å²) in [6, 6.07) is -3.50. The fraction of sp³-hybridized carbons (Fsp3) is 0.871. The fourth-order valence-electron chi connectivity index (χ4n) is 5.17. The van der Waals surface area contributed by atoms with Gasteiger partial charge in [0, 0.05) is 12.2 Å². The van der Waals surface area contributed by atoms with Crippen molar-refractivity contribution in [3.05, 3.63) is 0 Å². The Kier molecular flexibility index (Phi) is 16.3. The van der Waals surface area contributed by atoms with Crippen LogP contribution in [0.5, 0.6) is 0 Å². The van der Waals surface area contributed by atoms with E-state index in [-0.39, 0.29) is 30.7 Å². The van der Waals surface area contributed by atoms with Crippen LogP contribution in [-0.4, -0.2) is 96.4 Å². The number of hydrogen-bond acceptors (Lipinski definition) is 9. The number of aliphatic hydroxyl groups excluding tert-OH is 2. The predicted molar refractivity (Wildman–Crippen MR) is 172 cm³/mol. The highest BCUT2D eigenvalue weighted by molar-refractivity contribution is 7.90. The second-order valence-corrected chi connectivity index (χ2v) is 16.5. The van der Waals surface area contributed by atoms with Crippen LogP contribution >= 0.6 is 0 Å². The number of nitrogens with one attached hydrogen (secondary N) is 4. The first-order valence-electron chi connectivity index (χ1n) is 16.0. The number of aliphatic hydroxyl groups is 2. The highest BCUT2D eigenvalue weighted by atomic mass is 32.2. The number of carbonyl (C=O) groups is 4. The van der Waals surface area contributed by atoms with E-state index in [0.29, 0.717) is 19.3 Å². The minimum atomic E-state index is -3.50. The lowest BCUT2D eigenvalue weighted by Crippen LogP contribution is -2.58. The van der Waals surface area contributed by atoms with Crippen LogP contribution in [0.4, 0.5) is 4.79 Å². The third-order valence-electron chi connectivity index (χ3n) is 7.65. The van der Waals surface area contributed by atoms with Gasteiger partial charge in [-0.3, -0.25) is 14.4 Å². The molecule has 1 aliphatic carbocycles. The molecule has 1 aliphatic rings. The molecule has 0 heterocycles. The van der Waals surface area contributed by atoms with Gasteiger partial charge in [-0.15, -0.1) is 0 Å². The summed E-state index contributed by atoms with van der Waals surface area (Å²) in [4.78, 5) is 52.1. The van der Waals surface area contributed by atoms with Gasteiger partial charge in [0.1, 0.15) is 27.5 Å². The van der Waals surface area contributed by atoms with E-state index in [4.69, 9.17) is 4.74 Å². The van der Waals surface area contributed by atoms with Gasteiger partial charge in [0.15, 0.2) is 0 Å². The van der Waals surface area contributed by atoms with E-state index >= 15 is 0 Å². The molecule has 1 saturated carbocycles. The fourth-order valence-corrected chi connectivity index (χ4v) is 5.84. The van der Waals surface area contributed by atoms with Crippen molar-refractivity contribution in [3.63, 3.8) is 0 Å². The summed E-state index contributed by atoms with van der Waals surface area (Å²) in [5.74, 6) is -3.05. The van der Waals surface area contributed by atoms with Crippen LogP contribution < -0.4 is 21.3 Å². The van der Waals surface area contributed by atoms with E-state index in [2.05, 4.69) is 21.3 Å². The van der Waals surface area contributed by atoms with Gasteiger partial charge in [0.05, 0.1) is 30.0 Å². The Morgan fingerprint density at radius 1 is 0.889 bits per heavy atom. The van der Waals surface area contributed by atoms with Gasteiger partial charge in [-0.2, -0.15) is 0 Å². The SMILES string of the molecule is CC(C)C[C@H](NC(=O)[C@H](CCS(C)(=O)=O)NC(=O)[C@@H](NC(=O)OC(C)(C)C)C(C)C)[C@@H](O)C[C@@H](C)C(=O)N[C@@H]1CCCC[C@@H]1O. The Morgan fingerprint density at radius 2 is 1.49 bits per heavy atom. The number of alkyl carbamates (subject to hydrolysis) is 1. The molecule has 6 N–H and O–H groups in total. The number of carbonyl (C=O) groups excluding carboxylic acids is 4. The smallest absolute Gasteiger partial charge is 0.408 e. The molecule has 45 heavy (non-hydrogen) atoms. The largest absolute Gasteiger partial charge is 0.444 e. The van der Waals surface area contributed by atoms with Crippen LogP contribution in [0.2, 0.25) is 0 Å². The summed E-state index contributed by atoms with van der Waals surface area (Å²) >= 11 is 0. The number of sulfone groups is 1. The van der Waals surface area contributed by atoms with Crippen LogP contribution in [0, 0.1) is 17.8 Å². The summed E-state index contributed by atoms with van der Waals surface area (Å²) in [7, 11) is -3.50. The molecule has 13 nitrogen and oxygen atoms in total. The lowest BCUT2D eigenvalue weighted by atomic mass is 9.90. The summed E-state index contributed by atoms with van der Waals surface area (Å²) in [6.07, 6.45) is 1.73. The quantitative estimate of drug-likeness (QED) is 0.143. The van der Waals surface area contributed by atoms with Gasteiger partial charge < -0.3 is 36.2 Å². The second kappa shape index (κ2) is 18.0. The van der Waals surface area contributed by atoms with Gasteiger partial charge >= 0.3 is 6.09 Å². The van der Waals surface area contributed by atoms with Crippen molar-refractivity contribution in [2.45, 2.75) is 142 Å². The Bertz CT molecular complexity index is 1090. The number of hydrogen-bond donors (Lipinski definition) is 6. The molecule has 0 aromatic carbocycles. The molecule has 0 saturated heterocycles. The van der Waals surface area contributed by atoms with Crippen molar-refractivity contribution in [1.29, 1.82) is 0 Å². The average Bonchev–Trinajstić information content (AvgIpc) is 2.88. The van der Waals surface area contributed by atoms with Crippen LogP contribution in [0.1, 0.15) is 100 Å². The molecule has 0 unspecified atom stereocenters. The molecule has 0 aliphatic heterocycles. The summed E-state index contributed by atoms with van der Waals surface area (Å²) in [6.45, 7) is 13.9.